The van der Waals surface area contributed by atoms with Crippen molar-refractivity contribution in [3.8, 4) is 12.3 Å². The van der Waals surface area contributed by atoms with Crippen LogP contribution in [0.15, 0.2) is 30.6 Å². The second-order valence-electron chi connectivity index (χ2n) is 7.97. The third kappa shape index (κ3) is 5.26. The summed E-state index contributed by atoms with van der Waals surface area (Å²) < 4.78 is 1.78. The number of carbonyl (C=O) groups excluding carboxylic acids is 2. The number of benzene rings is 1. The zero-order valence-corrected chi connectivity index (χ0v) is 18.4. The first-order chi connectivity index (χ1) is 16.0. The van der Waals surface area contributed by atoms with Crippen LogP contribution in [0.25, 0.3) is 11.0 Å². The number of hydrogen-bond donors (Lipinski definition) is 1. The quantitative estimate of drug-likeness (QED) is 0.407. The number of carbonyl (C=O) groups is 2. The van der Waals surface area contributed by atoms with Crippen LogP contribution in [-0.2, 0) is 11.3 Å². The highest BCUT2D eigenvalue weighted by atomic mass is 16.2. The molecule has 3 heterocycles. The molecule has 1 fully saturated rings. The van der Waals surface area contributed by atoms with Crippen molar-refractivity contribution in [3.05, 3.63) is 41.7 Å². The van der Waals surface area contributed by atoms with Crippen LogP contribution in [0.5, 0.6) is 0 Å². The first kappa shape index (κ1) is 22.2. The van der Waals surface area contributed by atoms with Gasteiger partial charge in [0.15, 0.2) is 0 Å². The molecule has 1 aromatic carbocycles. The van der Waals surface area contributed by atoms with Gasteiger partial charge in [-0.15, -0.1) is 11.5 Å². The van der Waals surface area contributed by atoms with E-state index in [9.17, 15) is 9.59 Å². The van der Waals surface area contributed by atoms with E-state index in [-0.39, 0.29) is 5.91 Å². The van der Waals surface area contributed by atoms with Gasteiger partial charge in [0.2, 0.25) is 17.8 Å². The van der Waals surface area contributed by atoms with Crippen LogP contribution in [0.2, 0.25) is 0 Å². The Kier molecular flexibility index (Phi) is 6.78. The molecule has 0 saturated carbocycles. The Morgan fingerprint density at radius 2 is 1.82 bits per heavy atom. The fourth-order valence-electron chi connectivity index (χ4n) is 3.87. The number of nitrogens with zero attached hydrogens (tertiary/aromatic N) is 7. The van der Waals surface area contributed by atoms with E-state index < -0.39 is 5.91 Å². The summed E-state index contributed by atoms with van der Waals surface area (Å²) in [7, 11) is 0. The minimum atomic E-state index is -0.474. The van der Waals surface area contributed by atoms with Crippen LogP contribution in [0.4, 0.5) is 5.95 Å². The highest BCUT2D eigenvalue weighted by molar-refractivity contribution is 5.96. The Hall–Kier alpha value is -4.00. The maximum Gasteiger partial charge on any atom is 0.248 e. The first-order valence-corrected chi connectivity index (χ1v) is 11.0. The summed E-state index contributed by atoms with van der Waals surface area (Å²) in [6, 6.07) is 5.11. The molecule has 10 nitrogen and oxygen atoms in total. The molecule has 0 unspecified atom stereocenters. The van der Waals surface area contributed by atoms with Gasteiger partial charge in [-0.05, 0) is 31.0 Å². The van der Waals surface area contributed by atoms with Crippen LogP contribution in [0.1, 0.15) is 41.6 Å². The smallest absolute Gasteiger partial charge is 0.248 e. The second-order valence-corrected chi connectivity index (χ2v) is 7.97. The van der Waals surface area contributed by atoms with Gasteiger partial charge < -0.3 is 15.5 Å². The highest BCUT2D eigenvalue weighted by Crippen LogP contribution is 2.16. The van der Waals surface area contributed by atoms with Crippen LogP contribution in [-0.4, -0.2) is 67.9 Å². The van der Waals surface area contributed by atoms with Crippen molar-refractivity contribution in [1.82, 2.24) is 29.9 Å². The van der Waals surface area contributed by atoms with E-state index in [1.54, 1.807) is 35.3 Å². The van der Waals surface area contributed by atoms with Crippen molar-refractivity contribution in [2.75, 3.05) is 31.1 Å². The van der Waals surface area contributed by atoms with Crippen molar-refractivity contribution in [2.45, 2.75) is 32.2 Å². The fraction of sp³-hybridized carbons (Fsp3) is 0.391. The Morgan fingerprint density at radius 3 is 2.52 bits per heavy atom. The van der Waals surface area contributed by atoms with E-state index >= 15 is 0 Å². The first-order valence-electron chi connectivity index (χ1n) is 11.0. The zero-order valence-electron chi connectivity index (χ0n) is 18.4. The average molecular weight is 447 g/mol. The van der Waals surface area contributed by atoms with Crippen LogP contribution in [0.3, 0.4) is 0 Å². The predicted octanol–water partition coefficient (Wildman–Crippen LogP) is 1.21. The Bertz CT molecular complexity index is 1170. The number of unbranched alkanes of at least 4 members (excludes halogenated alkanes) is 2. The summed E-state index contributed by atoms with van der Waals surface area (Å²) in [5.74, 6) is 2.85. The number of aromatic nitrogens is 5. The Balaban J connectivity index is 1.18. The number of hydrogen-bond acceptors (Lipinski definition) is 7. The lowest BCUT2D eigenvalue weighted by Gasteiger charge is -2.34. The van der Waals surface area contributed by atoms with E-state index in [2.05, 4.69) is 31.1 Å². The lowest BCUT2D eigenvalue weighted by molar-refractivity contribution is -0.131. The van der Waals surface area contributed by atoms with Crippen molar-refractivity contribution < 1.29 is 9.59 Å². The minimum absolute atomic E-state index is 0.176. The highest BCUT2D eigenvalue weighted by Gasteiger charge is 2.22. The van der Waals surface area contributed by atoms with Gasteiger partial charge in [0, 0.05) is 57.1 Å². The molecule has 0 spiro atoms. The van der Waals surface area contributed by atoms with Gasteiger partial charge in [0.05, 0.1) is 11.1 Å². The van der Waals surface area contributed by atoms with Gasteiger partial charge in [-0.1, -0.05) is 17.6 Å². The lowest BCUT2D eigenvalue weighted by Crippen LogP contribution is -2.49. The molecular weight excluding hydrogens is 420 g/mol. The number of aryl methyl sites for hydroxylation is 1. The summed E-state index contributed by atoms with van der Waals surface area (Å²) >= 11 is 0. The fourth-order valence-corrected chi connectivity index (χ4v) is 3.87. The summed E-state index contributed by atoms with van der Waals surface area (Å²) in [5, 5.41) is 8.28. The lowest BCUT2D eigenvalue weighted by atomic mass is 10.1. The molecule has 2 N–H and O–H groups in total. The number of nitrogens with two attached hydrogens (primary N) is 1. The molecule has 4 rings (SSSR count). The van der Waals surface area contributed by atoms with Crippen LogP contribution < -0.4 is 10.6 Å². The number of primary amides is 1. The van der Waals surface area contributed by atoms with Gasteiger partial charge in [0.25, 0.3) is 0 Å². The maximum absolute atomic E-state index is 12.6. The van der Waals surface area contributed by atoms with Crippen molar-refractivity contribution in [2.24, 2.45) is 5.73 Å². The van der Waals surface area contributed by atoms with E-state index in [0.717, 1.165) is 30.3 Å². The topological polar surface area (TPSA) is 123 Å². The molecule has 33 heavy (non-hydrogen) atoms. The van der Waals surface area contributed by atoms with Gasteiger partial charge in [-0.3, -0.25) is 9.59 Å². The van der Waals surface area contributed by atoms with E-state index in [1.165, 1.54) is 0 Å². The molecule has 170 valence electrons. The molecule has 0 radical (unpaired) electrons. The number of rotatable bonds is 8. The predicted molar refractivity (Wildman–Crippen MR) is 123 cm³/mol. The van der Waals surface area contributed by atoms with E-state index in [1.807, 2.05) is 4.90 Å². The largest absolute Gasteiger partial charge is 0.366 e. The standard InChI is InChI=1S/C23H26N8O2/c1-2-17-15-25-23(26-16-17)30-12-10-29(11-13-30)21(32)6-4-3-5-9-31-20-14-18(22(24)33)7-8-19(20)27-28-31/h1,7-8,14-16H,3-6,9-13H2,(H2,24,33). The van der Waals surface area contributed by atoms with Gasteiger partial charge >= 0.3 is 0 Å². The zero-order chi connectivity index (χ0) is 23.2. The number of terminal acetylenes is 1. The van der Waals surface area contributed by atoms with Crippen LogP contribution >= 0.6 is 0 Å². The second kappa shape index (κ2) is 10.1. The summed E-state index contributed by atoms with van der Waals surface area (Å²) in [4.78, 5) is 36.6. The molecule has 0 aliphatic carbocycles. The molecule has 0 bridgehead atoms. The van der Waals surface area contributed by atoms with Gasteiger partial charge in [-0.2, -0.15) is 0 Å². The van der Waals surface area contributed by atoms with Gasteiger partial charge in [0.1, 0.15) is 5.52 Å². The number of amides is 2. The summed E-state index contributed by atoms with van der Waals surface area (Å²) in [5.41, 5.74) is 7.97. The summed E-state index contributed by atoms with van der Waals surface area (Å²) in [6.07, 6.45) is 11.7. The van der Waals surface area contributed by atoms with Crippen molar-refractivity contribution >= 4 is 28.8 Å². The molecule has 2 amide bonds. The van der Waals surface area contributed by atoms with Crippen molar-refractivity contribution in [3.63, 3.8) is 0 Å². The van der Waals surface area contributed by atoms with Gasteiger partial charge in [-0.25, -0.2) is 14.6 Å². The molecule has 10 heteroatoms. The van der Waals surface area contributed by atoms with E-state index in [4.69, 9.17) is 12.2 Å². The number of fused-ring (bicyclic) bond motifs is 1. The Morgan fingerprint density at radius 1 is 1.06 bits per heavy atom. The number of piperazine rings is 1. The number of anilines is 1. The molecule has 3 aromatic rings. The molecule has 0 atom stereocenters. The maximum atomic E-state index is 12.6. The average Bonchev–Trinajstić information content (AvgIpc) is 3.26. The monoisotopic (exact) mass is 446 g/mol. The molecule has 1 saturated heterocycles. The molecule has 1 aliphatic heterocycles. The molecule has 1 aliphatic rings. The molecular formula is C23H26N8O2. The minimum Gasteiger partial charge on any atom is -0.366 e. The SMILES string of the molecule is C#Cc1cnc(N2CCN(C(=O)CCCCCn3nnc4ccc(C(N)=O)cc43)CC2)nc1. The van der Waals surface area contributed by atoms with Crippen molar-refractivity contribution in [1.29, 1.82) is 0 Å². The third-order valence-corrected chi connectivity index (χ3v) is 5.78. The molecule has 2 aromatic heterocycles. The Labute approximate surface area is 191 Å². The summed E-state index contributed by atoms with van der Waals surface area (Å²) in [6.45, 7) is 3.39. The van der Waals surface area contributed by atoms with E-state index in [0.29, 0.717) is 56.2 Å². The van der Waals surface area contributed by atoms with Crippen LogP contribution in [0, 0.1) is 12.3 Å². The normalized spacial score (nSPS) is 13.8. The third-order valence-electron chi connectivity index (χ3n) is 5.78.